The summed E-state index contributed by atoms with van der Waals surface area (Å²) >= 11 is 1.73. The summed E-state index contributed by atoms with van der Waals surface area (Å²) in [5.74, 6) is 0. The van der Waals surface area contributed by atoms with Gasteiger partial charge in [0, 0.05) is 24.2 Å². The van der Waals surface area contributed by atoms with Crippen LogP contribution in [0.1, 0.15) is 31.6 Å². The normalized spacial score (nSPS) is 14.9. The summed E-state index contributed by atoms with van der Waals surface area (Å²) in [6.45, 7) is 5.38. The topological polar surface area (TPSA) is 34.2 Å². The Morgan fingerprint density at radius 1 is 1.56 bits per heavy atom. The zero-order valence-electron chi connectivity index (χ0n) is 10.4. The van der Waals surface area contributed by atoms with Gasteiger partial charge in [0.25, 0.3) is 0 Å². The van der Waals surface area contributed by atoms with Crippen LogP contribution in [0.25, 0.3) is 0 Å². The zero-order chi connectivity index (χ0) is 11.8. The van der Waals surface area contributed by atoms with Gasteiger partial charge < -0.3 is 10.1 Å². The molecule has 0 amide bonds. The van der Waals surface area contributed by atoms with E-state index in [2.05, 4.69) is 24.1 Å². The van der Waals surface area contributed by atoms with Gasteiger partial charge in [0.05, 0.1) is 11.6 Å². The van der Waals surface area contributed by atoms with Crippen LogP contribution in [0.2, 0.25) is 0 Å². The van der Waals surface area contributed by atoms with Gasteiger partial charge in [0.1, 0.15) is 0 Å². The smallest absolute Gasteiger partial charge is 0.0794 e. The van der Waals surface area contributed by atoms with Crippen molar-refractivity contribution >= 4 is 11.3 Å². The van der Waals surface area contributed by atoms with Crippen LogP contribution < -0.4 is 5.32 Å². The highest BCUT2D eigenvalue weighted by Gasteiger charge is 2.13. The molecular weight excluding hydrogens is 220 g/mol. The fourth-order valence-corrected chi connectivity index (χ4v) is 2.35. The zero-order valence-corrected chi connectivity index (χ0v) is 11.2. The van der Waals surface area contributed by atoms with Crippen molar-refractivity contribution in [3.63, 3.8) is 0 Å². The average molecular weight is 242 g/mol. The maximum atomic E-state index is 5.33. The van der Waals surface area contributed by atoms with E-state index in [0.29, 0.717) is 12.1 Å². The molecule has 0 bridgehead atoms. The minimum Gasteiger partial charge on any atom is -0.382 e. The van der Waals surface area contributed by atoms with Crippen LogP contribution in [-0.4, -0.2) is 30.8 Å². The molecule has 1 N–H and O–H groups in total. The molecule has 0 radical (unpaired) electrons. The number of methoxy groups -OCH3 is 1. The molecule has 1 aromatic heterocycles. The van der Waals surface area contributed by atoms with Crippen LogP contribution in [-0.2, 0) is 11.2 Å². The second kappa shape index (κ2) is 7.76. The van der Waals surface area contributed by atoms with Crippen molar-refractivity contribution in [3.05, 3.63) is 16.6 Å². The van der Waals surface area contributed by atoms with E-state index >= 15 is 0 Å². The number of hydrogen-bond donors (Lipinski definition) is 1. The molecule has 0 aliphatic carbocycles. The molecular formula is C12H22N2OS. The quantitative estimate of drug-likeness (QED) is 0.760. The van der Waals surface area contributed by atoms with E-state index in [1.54, 1.807) is 18.4 Å². The van der Waals surface area contributed by atoms with Gasteiger partial charge in [-0.3, -0.25) is 4.98 Å². The Labute approximate surface area is 102 Å². The van der Waals surface area contributed by atoms with Crippen molar-refractivity contribution in [2.45, 2.75) is 45.3 Å². The molecule has 4 heteroatoms. The third kappa shape index (κ3) is 5.05. The number of aromatic nitrogens is 1. The van der Waals surface area contributed by atoms with Gasteiger partial charge in [-0.15, -0.1) is 11.3 Å². The molecule has 0 aromatic carbocycles. The van der Waals surface area contributed by atoms with E-state index in [9.17, 15) is 0 Å². The first-order valence-electron chi connectivity index (χ1n) is 5.89. The molecule has 0 spiro atoms. The second-order valence-electron chi connectivity index (χ2n) is 4.10. The molecule has 1 rings (SSSR count). The lowest BCUT2D eigenvalue weighted by atomic mass is 10.1. The lowest BCUT2D eigenvalue weighted by Crippen LogP contribution is -2.34. The number of ether oxygens (including phenoxy) is 1. The van der Waals surface area contributed by atoms with Gasteiger partial charge in [-0.1, -0.05) is 6.92 Å². The lowest BCUT2D eigenvalue weighted by molar-refractivity contribution is 0.100. The van der Waals surface area contributed by atoms with Crippen LogP contribution >= 0.6 is 11.3 Å². The fourth-order valence-electron chi connectivity index (χ4n) is 1.67. The lowest BCUT2D eigenvalue weighted by Gasteiger charge is -2.20. The Morgan fingerprint density at radius 2 is 2.38 bits per heavy atom. The van der Waals surface area contributed by atoms with Crippen LogP contribution in [0.3, 0.4) is 0 Å². The summed E-state index contributed by atoms with van der Waals surface area (Å²) in [6, 6.07) is 0.496. The predicted molar refractivity (Wildman–Crippen MR) is 69.0 cm³/mol. The van der Waals surface area contributed by atoms with Gasteiger partial charge in [-0.05, 0) is 32.7 Å². The highest BCUT2D eigenvalue weighted by atomic mass is 32.1. The van der Waals surface area contributed by atoms with Gasteiger partial charge in [-0.25, -0.2) is 0 Å². The van der Waals surface area contributed by atoms with Crippen molar-refractivity contribution in [1.82, 2.24) is 10.3 Å². The average Bonchev–Trinajstić information content (AvgIpc) is 2.78. The van der Waals surface area contributed by atoms with E-state index in [-0.39, 0.29) is 0 Å². The molecule has 92 valence electrons. The number of thiazole rings is 1. The van der Waals surface area contributed by atoms with Crippen LogP contribution in [0, 0.1) is 0 Å². The van der Waals surface area contributed by atoms with Crippen molar-refractivity contribution in [3.8, 4) is 0 Å². The van der Waals surface area contributed by atoms with Crippen molar-refractivity contribution < 1.29 is 4.74 Å². The molecule has 1 heterocycles. The van der Waals surface area contributed by atoms with E-state index < -0.39 is 0 Å². The van der Waals surface area contributed by atoms with Gasteiger partial charge in [0.2, 0.25) is 0 Å². The minimum absolute atomic E-state index is 0.308. The van der Waals surface area contributed by atoms with Crippen LogP contribution in [0.15, 0.2) is 11.7 Å². The number of hydrogen-bond acceptors (Lipinski definition) is 4. The van der Waals surface area contributed by atoms with Gasteiger partial charge in [-0.2, -0.15) is 0 Å². The standard InChI is InChI=1S/C12H22N2OS/c1-4-5-14-11(6-10(2)15-3)7-12-8-13-9-16-12/h8-11,14H,4-7H2,1-3H3. The number of nitrogens with one attached hydrogen (secondary N) is 1. The van der Waals surface area contributed by atoms with Crippen LogP contribution in [0.4, 0.5) is 0 Å². The van der Waals surface area contributed by atoms with E-state index in [0.717, 1.165) is 19.4 Å². The summed E-state index contributed by atoms with van der Waals surface area (Å²) in [4.78, 5) is 5.46. The Kier molecular flexibility index (Phi) is 6.61. The largest absolute Gasteiger partial charge is 0.382 e. The molecule has 0 aliphatic rings. The maximum Gasteiger partial charge on any atom is 0.0794 e. The molecule has 0 saturated carbocycles. The third-order valence-corrected chi connectivity index (χ3v) is 3.43. The first-order valence-corrected chi connectivity index (χ1v) is 6.77. The molecule has 1 aromatic rings. The summed E-state index contributed by atoms with van der Waals surface area (Å²) in [6.07, 6.45) is 5.54. The summed E-state index contributed by atoms with van der Waals surface area (Å²) in [5, 5.41) is 3.57. The number of nitrogens with zero attached hydrogens (tertiary/aromatic N) is 1. The van der Waals surface area contributed by atoms with E-state index in [1.807, 2.05) is 11.7 Å². The first kappa shape index (κ1) is 13.6. The molecule has 2 unspecified atom stereocenters. The summed E-state index contributed by atoms with van der Waals surface area (Å²) < 4.78 is 5.33. The summed E-state index contributed by atoms with van der Waals surface area (Å²) in [5.41, 5.74) is 1.89. The van der Waals surface area contributed by atoms with Crippen LogP contribution in [0.5, 0.6) is 0 Å². The minimum atomic E-state index is 0.308. The summed E-state index contributed by atoms with van der Waals surface area (Å²) in [7, 11) is 1.77. The van der Waals surface area contributed by atoms with Gasteiger partial charge in [0.15, 0.2) is 0 Å². The second-order valence-corrected chi connectivity index (χ2v) is 5.08. The Morgan fingerprint density at radius 3 is 2.94 bits per heavy atom. The Bertz CT molecular complexity index is 264. The molecule has 2 atom stereocenters. The van der Waals surface area contributed by atoms with E-state index in [1.165, 1.54) is 11.3 Å². The van der Waals surface area contributed by atoms with Crippen molar-refractivity contribution in [1.29, 1.82) is 0 Å². The maximum absolute atomic E-state index is 5.33. The van der Waals surface area contributed by atoms with Crippen molar-refractivity contribution in [2.75, 3.05) is 13.7 Å². The SMILES string of the molecule is CCCNC(Cc1cncs1)CC(C)OC. The molecule has 16 heavy (non-hydrogen) atoms. The fraction of sp³-hybridized carbons (Fsp3) is 0.750. The molecule has 3 nitrogen and oxygen atoms in total. The molecule has 0 aliphatic heterocycles. The predicted octanol–water partition coefficient (Wildman–Crippen LogP) is 2.48. The highest BCUT2D eigenvalue weighted by Crippen LogP contribution is 2.12. The molecule has 0 saturated heterocycles. The van der Waals surface area contributed by atoms with Crippen molar-refractivity contribution in [2.24, 2.45) is 0 Å². The highest BCUT2D eigenvalue weighted by molar-refractivity contribution is 7.09. The Balaban J connectivity index is 2.43. The molecule has 0 fully saturated rings. The first-order chi connectivity index (χ1) is 7.76. The monoisotopic (exact) mass is 242 g/mol. The number of rotatable bonds is 8. The van der Waals surface area contributed by atoms with Gasteiger partial charge >= 0.3 is 0 Å². The van der Waals surface area contributed by atoms with E-state index in [4.69, 9.17) is 4.74 Å². The Hall–Kier alpha value is -0.450. The third-order valence-electron chi connectivity index (χ3n) is 2.63.